The number of sulfonamides is 1. The molecule has 1 aliphatic carbocycles. The molecule has 0 amide bonds. The van der Waals surface area contributed by atoms with Crippen LogP contribution in [0.3, 0.4) is 0 Å². The van der Waals surface area contributed by atoms with E-state index in [0.29, 0.717) is 18.0 Å². The minimum Gasteiger partial charge on any atom is -0.316 e. The summed E-state index contributed by atoms with van der Waals surface area (Å²) in [5.74, 6) is 0. The van der Waals surface area contributed by atoms with Gasteiger partial charge in [-0.15, -0.1) is 6.58 Å². The number of rotatable bonds is 7. The number of aryl methyl sites for hydroxylation is 2. The van der Waals surface area contributed by atoms with Crippen LogP contribution in [0.4, 0.5) is 0 Å². The van der Waals surface area contributed by atoms with Crippen LogP contribution in [0.5, 0.6) is 0 Å². The Kier molecular flexibility index (Phi) is 4.86. The van der Waals surface area contributed by atoms with Crippen LogP contribution in [0.2, 0.25) is 0 Å². The van der Waals surface area contributed by atoms with Crippen LogP contribution in [0.1, 0.15) is 29.5 Å². The molecular weight excluding hydrogens is 284 g/mol. The second-order valence-corrected chi connectivity index (χ2v) is 7.53. The maximum absolute atomic E-state index is 13.0. The molecule has 1 aromatic carbocycles. The molecule has 1 saturated carbocycles. The monoisotopic (exact) mass is 308 g/mol. The van der Waals surface area contributed by atoms with Gasteiger partial charge in [0.2, 0.25) is 10.0 Å². The second-order valence-electron chi connectivity index (χ2n) is 5.67. The van der Waals surface area contributed by atoms with Crippen molar-refractivity contribution in [1.29, 1.82) is 0 Å². The van der Waals surface area contributed by atoms with Crippen LogP contribution >= 0.6 is 0 Å². The van der Waals surface area contributed by atoms with Crippen molar-refractivity contribution >= 4 is 10.0 Å². The van der Waals surface area contributed by atoms with Gasteiger partial charge in [-0.05, 0) is 56.5 Å². The predicted molar refractivity (Wildman–Crippen MR) is 85.8 cm³/mol. The van der Waals surface area contributed by atoms with E-state index in [1.165, 1.54) is 0 Å². The topological polar surface area (TPSA) is 49.4 Å². The van der Waals surface area contributed by atoms with Crippen molar-refractivity contribution in [3.05, 3.63) is 41.5 Å². The van der Waals surface area contributed by atoms with Gasteiger partial charge in [0.1, 0.15) is 0 Å². The first-order valence-electron chi connectivity index (χ1n) is 7.29. The fraction of sp³-hybridized carbons (Fsp3) is 0.500. The number of nitrogens with zero attached hydrogens (tertiary/aromatic N) is 1. The Bertz CT molecular complexity index is 634. The SMILES string of the molecule is C=CCN(C1CC1)S(=O)(=O)c1cc(CNC)c(C)cc1C. The zero-order chi connectivity index (χ0) is 15.6. The first-order valence-corrected chi connectivity index (χ1v) is 8.73. The van der Waals surface area contributed by atoms with Crippen molar-refractivity contribution in [2.75, 3.05) is 13.6 Å². The summed E-state index contributed by atoms with van der Waals surface area (Å²) in [7, 11) is -1.59. The van der Waals surface area contributed by atoms with Crippen molar-refractivity contribution < 1.29 is 8.42 Å². The van der Waals surface area contributed by atoms with Gasteiger partial charge in [-0.2, -0.15) is 4.31 Å². The van der Waals surface area contributed by atoms with Crippen molar-refractivity contribution in [3.63, 3.8) is 0 Å². The van der Waals surface area contributed by atoms with Crippen LogP contribution in [0, 0.1) is 13.8 Å². The summed E-state index contributed by atoms with van der Waals surface area (Å²) < 4.78 is 27.5. The van der Waals surface area contributed by atoms with Crippen LogP contribution < -0.4 is 5.32 Å². The van der Waals surface area contributed by atoms with Crippen LogP contribution in [0.15, 0.2) is 29.7 Å². The minimum atomic E-state index is -3.45. The van der Waals surface area contributed by atoms with Gasteiger partial charge < -0.3 is 5.32 Å². The van der Waals surface area contributed by atoms with Crippen LogP contribution in [0.25, 0.3) is 0 Å². The largest absolute Gasteiger partial charge is 0.316 e. The Labute approximate surface area is 127 Å². The van der Waals surface area contributed by atoms with E-state index in [4.69, 9.17) is 0 Å². The molecule has 0 atom stereocenters. The number of benzene rings is 1. The van der Waals surface area contributed by atoms with Crippen molar-refractivity contribution in [3.8, 4) is 0 Å². The highest BCUT2D eigenvalue weighted by Gasteiger charge is 2.38. The molecule has 1 fully saturated rings. The molecule has 0 bridgehead atoms. The third kappa shape index (κ3) is 3.36. The lowest BCUT2D eigenvalue weighted by molar-refractivity contribution is 0.435. The number of hydrogen-bond acceptors (Lipinski definition) is 3. The molecule has 116 valence electrons. The smallest absolute Gasteiger partial charge is 0.243 e. The lowest BCUT2D eigenvalue weighted by Gasteiger charge is -2.22. The van der Waals surface area contributed by atoms with Crippen molar-refractivity contribution in [2.45, 2.75) is 44.2 Å². The summed E-state index contributed by atoms with van der Waals surface area (Å²) in [4.78, 5) is 0.423. The Morgan fingerprint density at radius 2 is 2.00 bits per heavy atom. The van der Waals surface area contributed by atoms with Crippen LogP contribution in [-0.4, -0.2) is 32.4 Å². The summed E-state index contributed by atoms with van der Waals surface area (Å²) in [6, 6.07) is 3.91. The molecule has 1 aliphatic rings. The average Bonchev–Trinajstić information content (AvgIpc) is 3.23. The van der Waals surface area contributed by atoms with Crippen LogP contribution in [-0.2, 0) is 16.6 Å². The van der Waals surface area contributed by atoms with E-state index in [1.54, 1.807) is 10.4 Å². The van der Waals surface area contributed by atoms with Gasteiger partial charge in [0.25, 0.3) is 0 Å². The predicted octanol–water partition coefficient (Wildman–Crippen LogP) is 2.36. The fourth-order valence-electron chi connectivity index (χ4n) is 2.59. The standard InChI is InChI=1S/C16H24N2O2S/c1-5-8-18(15-6-7-15)21(19,20)16-10-14(11-17-4)12(2)9-13(16)3/h5,9-10,15,17H,1,6-8,11H2,2-4H3. The van der Waals surface area contributed by atoms with Gasteiger partial charge in [-0.1, -0.05) is 12.1 Å². The summed E-state index contributed by atoms with van der Waals surface area (Å²) >= 11 is 0. The molecule has 0 aliphatic heterocycles. The summed E-state index contributed by atoms with van der Waals surface area (Å²) in [5, 5.41) is 3.09. The summed E-state index contributed by atoms with van der Waals surface area (Å²) in [6.07, 6.45) is 3.55. The highest BCUT2D eigenvalue weighted by atomic mass is 32.2. The van der Waals surface area contributed by atoms with Gasteiger partial charge in [0.15, 0.2) is 0 Å². The molecule has 0 unspecified atom stereocenters. The van der Waals surface area contributed by atoms with E-state index < -0.39 is 10.0 Å². The quantitative estimate of drug-likeness (QED) is 0.787. The third-order valence-corrected chi connectivity index (χ3v) is 5.91. The molecule has 0 aromatic heterocycles. The van der Waals surface area contributed by atoms with E-state index in [0.717, 1.165) is 29.5 Å². The molecule has 2 rings (SSSR count). The van der Waals surface area contributed by atoms with Gasteiger partial charge in [-0.3, -0.25) is 0 Å². The first kappa shape index (κ1) is 16.2. The van der Waals surface area contributed by atoms with Gasteiger partial charge in [0.05, 0.1) is 4.90 Å². The van der Waals surface area contributed by atoms with E-state index in [2.05, 4.69) is 11.9 Å². The lowest BCUT2D eigenvalue weighted by Crippen LogP contribution is -2.33. The molecule has 0 heterocycles. The lowest BCUT2D eigenvalue weighted by atomic mass is 10.1. The summed E-state index contributed by atoms with van der Waals surface area (Å²) in [6.45, 7) is 8.60. The Morgan fingerprint density at radius 1 is 1.33 bits per heavy atom. The first-order chi connectivity index (χ1) is 9.91. The maximum Gasteiger partial charge on any atom is 0.243 e. The van der Waals surface area contributed by atoms with E-state index >= 15 is 0 Å². The normalized spacial score (nSPS) is 15.4. The number of hydrogen-bond donors (Lipinski definition) is 1. The average molecular weight is 308 g/mol. The minimum absolute atomic E-state index is 0.140. The Balaban J connectivity index is 2.47. The Hall–Kier alpha value is -1.17. The van der Waals surface area contributed by atoms with E-state index in [-0.39, 0.29) is 6.04 Å². The van der Waals surface area contributed by atoms with Gasteiger partial charge >= 0.3 is 0 Å². The molecule has 5 heteroatoms. The maximum atomic E-state index is 13.0. The second kappa shape index (κ2) is 6.30. The zero-order valence-corrected chi connectivity index (χ0v) is 13.8. The third-order valence-electron chi connectivity index (χ3n) is 3.85. The number of nitrogens with one attached hydrogen (secondary N) is 1. The molecule has 21 heavy (non-hydrogen) atoms. The zero-order valence-electron chi connectivity index (χ0n) is 13.0. The van der Waals surface area contributed by atoms with Gasteiger partial charge in [-0.25, -0.2) is 8.42 Å². The van der Waals surface area contributed by atoms with E-state index in [9.17, 15) is 8.42 Å². The molecule has 0 spiro atoms. The molecule has 4 nitrogen and oxygen atoms in total. The highest BCUT2D eigenvalue weighted by Crippen LogP contribution is 2.33. The fourth-order valence-corrected chi connectivity index (χ4v) is 4.51. The summed E-state index contributed by atoms with van der Waals surface area (Å²) in [5.41, 5.74) is 2.94. The molecule has 0 saturated heterocycles. The van der Waals surface area contributed by atoms with Crippen molar-refractivity contribution in [1.82, 2.24) is 9.62 Å². The Morgan fingerprint density at radius 3 is 2.52 bits per heavy atom. The van der Waals surface area contributed by atoms with Crippen molar-refractivity contribution in [2.24, 2.45) is 0 Å². The highest BCUT2D eigenvalue weighted by molar-refractivity contribution is 7.89. The van der Waals surface area contributed by atoms with Gasteiger partial charge in [0, 0.05) is 19.1 Å². The molecule has 1 aromatic rings. The molecular formula is C16H24N2O2S. The molecule has 0 radical (unpaired) electrons. The van der Waals surface area contributed by atoms with E-state index in [1.807, 2.05) is 33.0 Å². The molecule has 1 N–H and O–H groups in total.